The Morgan fingerprint density at radius 1 is 1.29 bits per heavy atom. The van der Waals surface area contributed by atoms with Gasteiger partial charge in [0.05, 0.1) is 7.11 Å². The van der Waals surface area contributed by atoms with Crippen LogP contribution >= 0.6 is 0 Å². The predicted octanol–water partition coefficient (Wildman–Crippen LogP) is 2.39. The number of hydrogen-bond donors (Lipinski definition) is 1. The third-order valence-electron chi connectivity index (χ3n) is 5.83. The zero-order valence-corrected chi connectivity index (χ0v) is 15.7. The van der Waals surface area contributed by atoms with E-state index in [0.717, 1.165) is 30.6 Å². The van der Waals surface area contributed by atoms with Crippen LogP contribution in [-0.2, 0) is 16.0 Å². The van der Waals surface area contributed by atoms with Gasteiger partial charge in [-0.2, -0.15) is 4.98 Å². The fourth-order valence-corrected chi connectivity index (χ4v) is 4.45. The van der Waals surface area contributed by atoms with Gasteiger partial charge in [0.15, 0.2) is 0 Å². The molecule has 148 valence electrons. The van der Waals surface area contributed by atoms with Crippen LogP contribution in [-0.4, -0.2) is 51.7 Å². The molecule has 3 unspecified atom stereocenters. The Bertz CT molecular complexity index is 863. The van der Waals surface area contributed by atoms with Crippen molar-refractivity contribution >= 4 is 11.9 Å². The molecule has 3 atom stereocenters. The van der Waals surface area contributed by atoms with Crippen molar-refractivity contribution in [3.8, 4) is 17.1 Å². The Balaban J connectivity index is 1.38. The zero-order chi connectivity index (χ0) is 19.7. The summed E-state index contributed by atoms with van der Waals surface area (Å²) in [6.45, 7) is 0.543. The first kappa shape index (κ1) is 18.5. The van der Waals surface area contributed by atoms with Crippen molar-refractivity contribution < 1.29 is 24.0 Å². The van der Waals surface area contributed by atoms with Crippen LogP contribution in [0.5, 0.6) is 5.75 Å². The number of hydrogen-bond acceptors (Lipinski definition) is 6. The molecule has 28 heavy (non-hydrogen) atoms. The summed E-state index contributed by atoms with van der Waals surface area (Å²) in [6.07, 6.45) is 3.40. The second-order valence-corrected chi connectivity index (χ2v) is 7.42. The van der Waals surface area contributed by atoms with Crippen molar-refractivity contribution in [2.45, 2.75) is 38.1 Å². The summed E-state index contributed by atoms with van der Waals surface area (Å²) in [7, 11) is 1.60. The van der Waals surface area contributed by atoms with Crippen molar-refractivity contribution in [2.24, 2.45) is 11.8 Å². The average molecular weight is 385 g/mol. The first-order valence-electron chi connectivity index (χ1n) is 9.56. The zero-order valence-electron chi connectivity index (χ0n) is 15.7. The number of carbonyl (C=O) groups is 2. The van der Waals surface area contributed by atoms with Crippen molar-refractivity contribution in [1.82, 2.24) is 15.0 Å². The number of carboxylic acid groups (broad SMARTS) is 1. The highest BCUT2D eigenvalue weighted by atomic mass is 16.5. The number of amides is 1. The van der Waals surface area contributed by atoms with E-state index in [0.29, 0.717) is 30.6 Å². The third kappa shape index (κ3) is 3.46. The Kier molecular flexibility index (Phi) is 5.02. The lowest BCUT2D eigenvalue weighted by Gasteiger charge is -2.24. The Morgan fingerprint density at radius 3 is 2.79 bits per heavy atom. The highest BCUT2D eigenvalue weighted by molar-refractivity contribution is 5.84. The monoisotopic (exact) mass is 385 g/mol. The van der Waals surface area contributed by atoms with Gasteiger partial charge in [-0.05, 0) is 48.9 Å². The largest absolute Gasteiger partial charge is 0.497 e. The summed E-state index contributed by atoms with van der Waals surface area (Å²) in [6, 6.07) is 6.59. The molecule has 0 spiro atoms. The Morgan fingerprint density at radius 2 is 2.07 bits per heavy atom. The quantitative estimate of drug-likeness (QED) is 0.814. The Hall–Kier alpha value is -2.90. The molecule has 8 nitrogen and oxygen atoms in total. The predicted molar refractivity (Wildman–Crippen MR) is 98.6 cm³/mol. The Labute approximate surface area is 162 Å². The van der Waals surface area contributed by atoms with Gasteiger partial charge in [-0.1, -0.05) is 11.6 Å². The molecule has 1 N–H and O–H groups in total. The molecule has 1 saturated heterocycles. The minimum atomic E-state index is -0.901. The number of carbonyl (C=O) groups excluding carboxylic acids is 1. The summed E-state index contributed by atoms with van der Waals surface area (Å²) >= 11 is 0. The maximum Gasteiger partial charge on any atom is 0.326 e. The fourth-order valence-electron chi connectivity index (χ4n) is 4.45. The minimum Gasteiger partial charge on any atom is -0.497 e. The van der Waals surface area contributed by atoms with Crippen LogP contribution in [0.3, 0.4) is 0 Å². The lowest BCUT2D eigenvalue weighted by Crippen LogP contribution is -2.43. The standard InChI is InChI=1S/C20H23N3O5/c1-27-14-7-5-12(6-8-14)19-21-16(28-22-19)9-10-17(24)23-11-13-3-2-4-15(13)18(23)20(25)26/h5-8,13,15,18H,2-4,9-11H2,1H3,(H,25,26). The van der Waals surface area contributed by atoms with E-state index in [9.17, 15) is 14.7 Å². The molecular formula is C20H23N3O5. The number of aliphatic carboxylic acids is 1. The summed E-state index contributed by atoms with van der Waals surface area (Å²) in [5.74, 6) is 0.895. The number of methoxy groups -OCH3 is 1. The highest BCUT2D eigenvalue weighted by Gasteiger charge is 2.49. The molecule has 4 rings (SSSR count). The minimum absolute atomic E-state index is 0.0894. The lowest BCUT2D eigenvalue weighted by atomic mass is 9.94. The second-order valence-electron chi connectivity index (χ2n) is 7.42. The number of nitrogens with zero attached hydrogens (tertiary/aromatic N) is 3. The van der Waals surface area contributed by atoms with Crippen LogP contribution < -0.4 is 4.74 Å². The van der Waals surface area contributed by atoms with E-state index in [4.69, 9.17) is 9.26 Å². The van der Waals surface area contributed by atoms with E-state index < -0.39 is 12.0 Å². The number of likely N-dealkylation sites (tertiary alicyclic amines) is 1. The third-order valence-corrected chi connectivity index (χ3v) is 5.83. The molecule has 0 radical (unpaired) electrons. The van der Waals surface area contributed by atoms with Gasteiger partial charge in [0, 0.05) is 24.9 Å². The molecule has 1 amide bonds. The number of aromatic nitrogens is 2. The summed E-state index contributed by atoms with van der Waals surface area (Å²) < 4.78 is 10.4. The van der Waals surface area contributed by atoms with E-state index in [2.05, 4.69) is 10.1 Å². The van der Waals surface area contributed by atoms with Gasteiger partial charge in [-0.25, -0.2) is 4.79 Å². The topological polar surface area (TPSA) is 106 Å². The van der Waals surface area contributed by atoms with Crippen LogP contribution in [0.1, 0.15) is 31.6 Å². The maximum absolute atomic E-state index is 12.7. The molecular weight excluding hydrogens is 362 g/mol. The van der Waals surface area contributed by atoms with Gasteiger partial charge in [0.1, 0.15) is 11.8 Å². The number of carboxylic acids is 1. The van der Waals surface area contributed by atoms with Crippen LogP contribution in [0.2, 0.25) is 0 Å². The summed E-state index contributed by atoms with van der Waals surface area (Å²) in [5.41, 5.74) is 0.792. The molecule has 2 aliphatic rings. The molecule has 2 heterocycles. The van der Waals surface area contributed by atoms with E-state index in [1.165, 1.54) is 4.90 Å². The van der Waals surface area contributed by atoms with E-state index in [1.54, 1.807) is 7.11 Å². The average Bonchev–Trinajstić information content (AvgIpc) is 3.41. The van der Waals surface area contributed by atoms with Gasteiger partial charge in [0.25, 0.3) is 0 Å². The van der Waals surface area contributed by atoms with Gasteiger partial charge in [-0.15, -0.1) is 0 Å². The van der Waals surface area contributed by atoms with Crippen molar-refractivity contribution in [3.63, 3.8) is 0 Å². The number of aryl methyl sites for hydroxylation is 1. The van der Waals surface area contributed by atoms with E-state index >= 15 is 0 Å². The van der Waals surface area contributed by atoms with Crippen LogP contribution in [0.15, 0.2) is 28.8 Å². The molecule has 2 aromatic rings. The molecule has 0 bridgehead atoms. The van der Waals surface area contributed by atoms with Gasteiger partial charge in [0.2, 0.25) is 17.6 Å². The number of benzene rings is 1. The van der Waals surface area contributed by atoms with Crippen molar-refractivity contribution in [3.05, 3.63) is 30.2 Å². The highest BCUT2D eigenvalue weighted by Crippen LogP contribution is 2.42. The van der Waals surface area contributed by atoms with Gasteiger partial charge >= 0.3 is 5.97 Å². The van der Waals surface area contributed by atoms with Crippen LogP contribution in [0, 0.1) is 11.8 Å². The molecule has 8 heteroatoms. The molecule has 1 saturated carbocycles. The second kappa shape index (κ2) is 7.61. The van der Waals surface area contributed by atoms with E-state index in [-0.39, 0.29) is 18.2 Å². The number of rotatable bonds is 6. The molecule has 1 aromatic carbocycles. The number of ether oxygens (including phenoxy) is 1. The van der Waals surface area contributed by atoms with Crippen LogP contribution in [0.25, 0.3) is 11.4 Å². The molecule has 1 aliphatic carbocycles. The lowest BCUT2D eigenvalue weighted by molar-refractivity contribution is -0.149. The summed E-state index contributed by atoms with van der Waals surface area (Å²) in [4.78, 5) is 30.2. The van der Waals surface area contributed by atoms with Gasteiger partial charge < -0.3 is 19.3 Å². The summed E-state index contributed by atoms with van der Waals surface area (Å²) in [5, 5.41) is 13.5. The maximum atomic E-state index is 12.7. The van der Waals surface area contributed by atoms with Crippen molar-refractivity contribution in [2.75, 3.05) is 13.7 Å². The smallest absolute Gasteiger partial charge is 0.326 e. The molecule has 1 aliphatic heterocycles. The first-order valence-corrected chi connectivity index (χ1v) is 9.56. The van der Waals surface area contributed by atoms with Crippen molar-refractivity contribution in [1.29, 1.82) is 0 Å². The normalized spacial score (nSPS) is 23.6. The first-order chi connectivity index (χ1) is 13.6. The van der Waals surface area contributed by atoms with Gasteiger partial charge in [-0.3, -0.25) is 4.79 Å². The molecule has 2 fully saturated rings. The van der Waals surface area contributed by atoms with E-state index in [1.807, 2.05) is 24.3 Å². The SMILES string of the molecule is COc1ccc(-c2noc(CCC(=O)N3CC4CCCC4C3C(=O)O)n2)cc1. The number of fused-ring (bicyclic) bond motifs is 1. The molecule has 1 aromatic heterocycles. The van der Waals surface area contributed by atoms with Crippen LogP contribution in [0.4, 0.5) is 0 Å². The fraction of sp³-hybridized carbons (Fsp3) is 0.500.